The highest BCUT2D eigenvalue weighted by atomic mass is 16.5. The molecule has 4 nitrogen and oxygen atoms in total. The summed E-state index contributed by atoms with van der Waals surface area (Å²) in [5.41, 5.74) is 6.28. The van der Waals surface area contributed by atoms with Crippen LogP contribution in [0.2, 0.25) is 0 Å². The van der Waals surface area contributed by atoms with Crippen LogP contribution in [0, 0.1) is 5.92 Å². The van der Waals surface area contributed by atoms with E-state index in [2.05, 4.69) is 23.7 Å². The van der Waals surface area contributed by atoms with E-state index in [1.54, 1.807) is 0 Å². The molecule has 0 saturated heterocycles. The molecule has 0 spiro atoms. The smallest absolute Gasteiger partial charge is 0.239 e. The number of hydrogen-bond donors (Lipinski definition) is 1. The lowest BCUT2D eigenvalue weighted by Crippen LogP contribution is -2.33. The highest BCUT2D eigenvalue weighted by Gasteiger charge is 2.27. The first-order valence-electron chi connectivity index (χ1n) is 7.48. The number of nitrogen functional groups attached to an aromatic ring is 1. The molecular weight excluding hydrogens is 250 g/mol. The molecule has 1 aliphatic rings. The molecule has 1 heterocycles. The topological polar surface area (TPSA) is 51.4 Å². The lowest BCUT2D eigenvalue weighted by molar-refractivity contribution is 0.125. The molecule has 112 valence electrons. The molecule has 2 N–H and O–H groups in total. The maximum atomic E-state index is 5.98. The summed E-state index contributed by atoms with van der Waals surface area (Å²) in [7, 11) is 0. The first-order chi connectivity index (χ1) is 9.26. The molecule has 0 bridgehead atoms. The standard InChI is InChI=1S/C16H27N3O/c1-11(2)19(10-12-6-7-12)14-9-8-13(17)15(18-14)20-16(3,4)5/h8-9,11-12H,6-7,10,17H2,1-5H3. The number of aromatic nitrogens is 1. The monoisotopic (exact) mass is 277 g/mol. The predicted molar refractivity (Wildman–Crippen MR) is 84.2 cm³/mol. The second-order valence-electron chi connectivity index (χ2n) is 6.97. The van der Waals surface area contributed by atoms with E-state index < -0.39 is 0 Å². The fourth-order valence-electron chi connectivity index (χ4n) is 2.12. The van der Waals surface area contributed by atoms with E-state index >= 15 is 0 Å². The summed E-state index contributed by atoms with van der Waals surface area (Å²) in [4.78, 5) is 6.98. The van der Waals surface area contributed by atoms with Gasteiger partial charge in [0.2, 0.25) is 5.88 Å². The van der Waals surface area contributed by atoms with Crippen molar-refractivity contribution in [1.29, 1.82) is 0 Å². The SMILES string of the molecule is CC(C)N(CC1CC1)c1ccc(N)c(OC(C)(C)C)n1. The summed E-state index contributed by atoms with van der Waals surface area (Å²) in [6.07, 6.45) is 2.67. The van der Waals surface area contributed by atoms with Gasteiger partial charge in [-0.2, -0.15) is 4.98 Å². The van der Waals surface area contributed by atoms with Crippen LogP contribution in [0.5, 0.6) is 5.88 Å². The second-order valence-corrected chi connectivity index (χ2v) is 6.97. The van der Waals surface area contributed by atoms with Crippen LogP contribution in [0.25, 0.3) is 0 Å². The highest BCUT2D eigenvalue weighted by Crippen LogP contribution is 2.33. The van der Waals surface area contributed by atoms with E-state index in [1.165, 1.54) is 12.8 Å². The van der Waals surface area contributed by atoms with Crippen molar-refractivity contribution in [3.05, 3.63) is 12.1 Å². The average Bonchev–Trinajstić information content (AvgIpc) is 3.11. The Morgan fingerprint density at radius 1 is 1.35 bits per heavy atom. The minimum Gasteiger partial charge on any atom is -0.470 e. The number of pyridine rings is 1. The van der Waals surface area contributed by atoms with Gasteiger partial charge in [0.1, 0.15) is 11.4 Å². The van der Waals surface area contributed by atoms with Crippen molar-refractivity contribution in [1.82, 2.24) is 4.98 Å². The van der Waals surface area contributed by atoms with E-state index in [0.717, 1.165) is 18.3 Å². The van der Waals surface area contributed by atoms with Gasteiger partial charge in [0, 0.05) is 12.6 Å². The Bertz CT molecular complexity index is 461. The Kier molecular flexibility index (Phi) is 4.11. The van der Waals surface area contributed by atoms with Crippen molar-refractivity contribution in [2.24, 2.45) is 5.92 Å². The third-order valence-electron chi connectivity index (χ3n) is 3.35. The van der Waals surface area contributed by atoms with Crippen LogP contribution in [-0.4, -0.2) is 23.2 Å². The molecule has 0 atom stereocenters. The lowest BCUT2D eigenvalue weighted by atomic mass is 10.2. The lowest BCUT2D eigenvalue weighted by Gasteiger charge is -2.29. The molecule has 0 amide bonds. The number of ether oxygens (including phenoxy) is 1. The van der Waals surface area contributed by atoms with Gasteiger partial charge in [0.25, 0.3) is 0 Å². The van der Waals surface area contributed by atoms with E-state index in [9.17, 15) is 0 Å². The molecule has 0 aromatic carbocycles. The largest absolute Gasteiger partial charge is 0.470 e. The van der Waals surface area contributed by atoms with Crippen LogP contribution < -0.4 is 15.4 Å². The zero-order chi connectivity index (χ0) is 14.9. The maximum Gasteiger partial charge on any atom is 0.239 e. The summed E-state index contributed by atoms with van der Waals surface area (Å²) in [5, 5.41) is 0. The Balaban J connectivity index is 2.23. The average molecular weight is 277 g/mol. The van der Waals surface area contributed by atoms with Gasteiger partial charge in [-0.15, -0.1) is 0 Å². The van der Waals surface area contributed by atoms with Gasteiger partial charge in [0.15, 0.2) is 0 Å². The Labute approximate surface area is 122 Å². The van der Waals surface area contributed by atoms with Crippen LogP contribution >= 0.6 is 0 Å². The van der Waals surface area contributed by atoms with Crippen molar-refractivity contribution in [2.75, 3.05) is 17.2 Å². The second kappa shape index (κ2) is 5.51. The fraction of sp³-hybridized carbons (Fsp3) is 0.688. The normalized spacial score (nSPS) is 15.5. The molecular formula is C16H27N3O. The summed E-state index contributed by atoms with van der Waals surface area (Å²) >= 11 is 0. The van der Waals surface area contributed by atoms with Crippen molar-refractivity contribution in [2.45, 2.75) is 59.1 Å². The van der Waals surface area contributed by atoms with E-state index in [-0.39, 0.29) is 5.60 Å². The summed E-state index contributed by atoms with van der Waals surface area (Å²) in [5.74, 6) is 2.32. The third-order valence-corrected chi connectivity index (χ3v) is 3.35. The van der Waals surface area contributed by atoms with Crippen molar-refractivity contribution in [3.63, 3.8) is 0 Å². The van der Waals surface area contributed by atoms with Gasteiger partial charge in [-0.3, -0.25) is 0 Å². The van der Waals surface area contributed by atoms with Gasteiger partial charge < -0.3 is 15.4 Å². The molecule has 1 aromatic heterocycles. The van der Waals surface area contributed by atoms with Gasteiger partial charge in [-0.05, 0) is 65.5 Å². The number of rotatable bonds is 5. The number of hydrogen-bond acceptors (Lipinski definition) is 4. The van der Waals surface area contributed by atoms with E-state index in [4.69, 9.17) is 10.5 Å². The number of nitrogens with zero attached hydrogens (tertiary/aromatic N) is 2. The van der Waals surface area contributed by atoms with E-state index in [0.29, 0.717) is 17.6 Å². The van der Waals surface area contributed by atoms with Gasteiger partial charge in [-0.25, -0.2) is 0 Å². The van der Waals surface area contributed by atoms with Crippen LogP contribution in [0.15, 0.2) is 12.1 Å². The van der Waals surface area contributed by atoms with Crippen molar-refractivity contribution >= 4 is 11.5 Å². The minimum absolute atomic E-state index is 0.293. The zero-order valence-electron chi connectivity index (χ0n) is 13.3. The third kappa shape index (κ3) is 4.02. The molecule has 0 unspecified atom stereocenters. The molecule has 1 aliphatic carbocycles. The predicted octanol–water partition coefficient (Wildman–Crippen LogP) is 3.47. The first-order valence-corrected chi connectivity index (χ1v) is 7.48. The molecule has 1 aromatic rings. The maximum absolute atomic E-state index is 5.98. The summed E-state index contributed by atoms with van der Waals surface area (Å²) in [6, 6.07) is 4.31. The molecule has 4 heteroatoms. The quantitative estimate of drug-likeness (QED) is 0.895. The van der Waals surface area contributed by atoms with Crippen LogP contribution in [-0.2, 0) is 0 Å². The van der Waals surface area contributed by atoms with Crippen molar-refractivity contribution < 1.29 is 4.74 Å². The van der Waals surface area contributed by atoms with Crippen molar-refractivity contribution in [3.8, 4) is 5.88 Å². The fourth-order valence-corrected chi connectivity index (χ4v) is 2.12. The molecule has 1 fully saturated rings. The van der Waals surface area contributed by atoms with Crippen LogP contribution in [0.4, 0.5) is 11.5 Å². The summed E-state index contributed by atoms with van der Waals surface area (Å²) in [6.45, 7) is 11.5. The zero-order valence-corrected chi connectivity index (χ0v) is 13.3. The Hall–Kier alpha value is -1.45. The Morgan fingerprint density at radius 3 is 2.50 bits per heavy atom. The highest BCUT2D eigenvalue weighted by molar-refractivity contribution is 5.55. The molecule has 20 heavy (non-hydrogen) atoms. The van der Waals surface area contributed by atoms with E-state index in [1.807, 2.05) is 32.9 Å². The number of anilines is 2. The molecule has 1 saturated carbocycles. The van der Waals surface area contributed by atoms with Crippen LogP contribution in [0.3, 0.4) is 0 Å². The minimum atomic E-state index is -0.293. The Morgan fingerprint density at radius 2 is 2.00 bits per heavy atom. The van der Waals surface area contributed by atoms with Gasteiger partial charge in [-0.1, -0.05) is 0 Å². The first kappa shape index (κ1) is 14.9. The summed E-state index contributed by atoms with van der Waals surface area (Å²) < 4.78 is 5.86. The van der Waals surface area contributed by atoms with Crippen LogP contribution in [0.1, 0.15) is 47.5 Å². The van der Waals surface area contributed by atoms with Gasteiger partial charge >= 0.3 is 0 Å². The molecule has 0 aliphatic heterocycles. The number of nitrogens with two attached hydrogens (primary N) is 1. The molecule has 0 radical (unpaired) electrons. The van der Waals surface area contributed by atoms with Gasteiger partial charge in [0.05, 0.1) is 5.69 Å². The molecule has 2 rings (SSSR count).